The van der Waals surface area contributed by atoms with Crippen molar-refractivity contribution in [3.05, 3.63) is 78.4 Å². The van der Waals surface area contributed by atoms with E-state index in [1.165, 1.54) is 12.8 Å². The van der Waals surface area contributed by atoms with Crippen LogP contribution in [0.3, 0.4) is 0 Å². The zero-order chi connectivity index (χ0) is 24.4. The molecular formula is C32H33NO2. The molecule has 4 aromatic rings. The molecule has 0 unspecified atom stereocenters. The number of fused-ring (bicyclic) bond motifs is 4. The number of benzene rings is 4. The highest BCUT2D eigenvalue weighted by atomic mass is 16.5. The van der Waals surface area contributed by atoms with Crippen molar-refractivity contribution in [1.82, 2.24) is 5.32 Å². The van der Waals surface area contributed by atoms with Crippen LogP contribution in [-0.2, 0) is 0 Å². The zero-order valence-electron chi connectivity index (χ0n) is 21.0. The van der Waals surface area contributed by atoms with E-state index >= 15 is 0 Å². The van der Waals surface area contributed by atoms with Crippen LogP contribution in [0.25, 0.3) is 32.7 Å². The summed E-state index contributed by atoms with van der Waals surface area (Å²) in [6.45, 7) is 7.15. The lowest BCUT2D eigenvalue weighted by Crippen LogP contribution is -2.47. The molecule has 0 spiro atoms. The van der Waals surface area contributed by atoms with Gasteiger partial charge in [0.15, 0.2) is 0 Å². The molecule has 0 saturated heterocycles. The van der Waals surface area contributed by atoms with Crippen LogP contribution in [0, 0.1) is 16.7 Å². The van der Waals surface area contributed by atoms with Gasteiger partial charge in [-0.2, -0.15) is 0 Å². The molecule has 0 heterocycles. The van der Waals surface area contributed by atoms with Crippen LogP contribution in [0.15, 0.2) is 72.8 Å². The van der Waals surface area contributed by atoms with Crippen LogP contribution in [0.1, 0.15) is 50.4 Å². The van der Waals surface area contributed by atoms with Gasteiger partial charge in [-0.25, -0.2) is 0 Å². The SMILES string of the molecule is COc1ccc2ccccc2c1-c1c(C(=O)N[C@H]2C[C@@H]3CC[C@@]2(C)C3(C)C)ccc2ccccc12. The Morgan fingerprint density at radius 2 is 1.49 bits per heavy atom. The Morgan fingerprint density at radius 3 is 2.09 bits per heavy atom. The zero-order valence-corrected chi connectivity index (χ0v) is 21.0. The Kier molecular flexibility index (Phi) is 4.96. The Hall–Kier alpha value is -3.33. The fourth-order valence-corrected chi connectivity index (χ4v) is 7.07. The topological polar surface area (TPSA) is 38.3 Å². The molecule has 2 aliphatic rings. The number of hydrogen-bond donors (Lipinski definition) is 1. The summed E-state index contributed by atoms with van der Waals surface area (Å²) < 4.78 is 5.88. The predicted molar refractivity (Wildman–Crippen MR) is 144 cm³/mol. The molecule has 2 fully saturated rings. The molecule has 178 valence electrons. The fraction of sp³-hybridized carbons (Fsp3) is 0.344. The van der Waals surface area contributed by atoms with Crippen LogP contribution in [0.5, 0.6) is 5.75 Å². The van der Waals surface area contributed by atoms with Crippen LogP contribution >= 0.6 is 0 Å². The minimum atomic E-state index is 0.00955. The number of methoxy groups -OCH3 is 1. The summed E-state index contributed by atoms with van der Waals surface area (Å²) >= 11 is 0. The maximum atomic E-state index is 14.1. The molecule has 1 amide bonds. The third-order valence-corrected chi connectivity index (χ3v) is 9.63. The highest BCUT2D eigenvalue weighted by Crippen LogP contribution is 2.65. The van der Waals surface area contributed by atoms with Gasteiger partial charge < -0.3 is 10.1 Å². The lowest BCUT2D eigenvalue weighted by molar-refractivity contribution is 0.0827. The van der Waals surface area contributed by atoms with Gasteiger partial charge in [-0.3, -0.25) is 4.79 Å². The molecule has 6 rings (SSSR count). The third kappa shape index (κ3) is 3.14. The average Bonchev–Trinajstić information content (AvgIpc) is 3.21. The molecule has 1 N–H and O–H groups in total. The van der Waals surface area contributed by atoms with E-state index in [1.807, 2.05) is 36.4 Å². The highest BCUT2D eigenvalue weighted by Gasteiger charge is 2.61. The molecule has 2 bridgehead atoms. The monoisotopic (exact) mass is 463 g/mol. The van der Waals surface area contributed by atoms with Crippen molar-refractivity contribution in [2.24, 2.45) is 16.7 Å². The number of carbonyl (C=O) groups excluding carboxylic acids is 1. The van der Waals surface area contributed by atoms with Gasteiger partial charge in [-0.05, 0) is 69.7 Å². The number of nitrogens with one attached hydrogen (secondary N) is 1. The summed E-state index contributed by atoms with van der Waals surface area (Å²) in [4.78, 5) is 14.1. The molecule has 2 aliphatic carbocycles. The van der Waals surface area contributed by atoms with Gasteiger partial charge in [-0.1, -0.05) is 81.4 Å². The standard InChI is InChI=1S/C32H33NO2/c1-31(2)22-17-18-32(31,3)27(19-22)33-30(34)25-15-13-20-9-5-7-11-23(20)28(25)29-24-12-8-6-10-21(24)14-16-26(29)35-4/h5-16,22,27H,17-19H2,1-4H3,(H,33,34)/t22-,27-,32+/m0/s1. The predicted octanol–water partition coefficient (Wildman–Crippen LogP) is 7.61. The number of ether oxygens (including phenoxy) is 1. The lowest BCUT2D eigenvalue weighted by Gasteiger charge is -2.39. The summed E-state index contributed by atoms with van der Waals surface area (Å²) in [5.41, 5.74) is 3.01. The molecule has 3 heteroatoms. The minimum absolute atomic E-state index is 0.00955. The van der Waals surface area contributed by atoms with Gasteiger partial charge in [0.05, 0.1) is 7.11 Å². The van der Waals surface area contributed by atoms with Crippen molar-refractivity contribution in [2.45, 2.75) is 46.1 Å². The van der Waals surface area contributed by atoms with Gasteiger partial charge in [0, 0.05) is 22.7 Å². The van der Waals surface area contributed by atoms with Gasteiger partial charge in [0.2, 0.25) is 0 Å². The first kappa shape index (κ1) is 22.2. The summed E-state index contributed by atoms with van der Waals surface area (Å²) in [5, 5.41) is 7.90. The van der Waals surface area contributed by atoms with E-state index in [2.05, 4.69) is 62.5 Å². The van der Waals surface area contributed by atoms with Gasteiger partial charge in [0.25, 0.3) is 5.91 Å². The van der Waals surface area contributed by atoms with Gasteiger partial charge in [-0.15, -0.1) is 0 Å². The van der Waals surface area contributed by atoms with E-state index in [-0.39, 0.29) is 22.8 Å². The Balaban J connectivity index is 1.54. The Labute approximate surface area is 207 Å². The molecule has 0 radical (unpaired) electrons. The normalized spacial score (nSPS) is 24.7. The number of amides is 1. The van der Waals surface area contributed by atoms with Crippen molar-refractivity contribution in [2.75, 3.05) is 7.11 Å². The third-order valence-electron chi connectivity index (χ3n) is 9.63. The van der Waals surface area contributed by atoms with Crippen molar-refractivity contribution in [3.63, 3.8) is 0 Å². The van der Waals surface area contributed by atoms with Gasteiger partial charge >= 0.3 is 0 Å². The largest absolute Gasteiger partial charge is 0.496 e. The maximum Gasteiger partial charge on any atom is 0.252 e. The summed E-state index contributed by atoms with van der Waals surface area (Å²) in [5.74, 6) is 1.46. The summed E-state index contributed by atoms with van der Waals surface area (Å²) in [6.07, 6.45) is 3.51. The first-order valence-corrected chi connectivity index (χ1v) is 12.7. The van der Waals surface area contributed by atoms with E-state index < -0.39 is 0 Å². The number of rotatable bonds is 4. The maximum absolute atomic E-state index is 14.1. The highest BCUT2D eigenvalue weighted by molar-refractivity contribution is 6.15. The number of carbonyl (C=O) groups is 1. The van der Waals surface area contributed by atoms with Crippen LogP contribution in [-0.4, -0.2) is 19.1 Å². The van der Waals surface area contributed by atoms with E-state index in [0.29, 0.717) is 11.5 Å². The quantitative estimate of drug-likeness (QED) is 0.338. The molecule has 4 aromatic carbocycles. The smallest absolute Gasteiger partial charge is 0.252 e. The fourth-order valence-electron chi connectivity index (χ4n) is 7.07. The van der Waals surface area contributed by atoms with E-state index in [9.17, 15) is 4.79 Å². The van der Waals surface area contributed by atoms with Crippen molar-refractivity contribution >= 4 is 27.5 Å². The molecule has 0 aromatic heterocycles. The van der Waals surface area contributed by atoms with Crippen molar-refractivity contribution < 1.29 is 9.53 Å². The van der Waals surface area contributed by atoms with Gasteiger partial charge in [0.1, 0.15) is 5.75 Å². The molecule has 3 nitrogen and oxygen atoms in total. The average molecular weight is 464 g/mol. The van der Waals surface area contributed by atoms with E-state index in [1.54, 1.807) is 7.11 Å². The van der Waals surface area contributed by atoms with E-state index in [0.717, 1.165) is 44.8 Å². The molecule has 35 heavy (non-hydrogen) atoms. The second kappa shape index (κ2) is 7.84. The van der Waals surface area contributed by atoms with Crippen LogP contribution in [0.4, 0.5) is 0 Å². The van der Waals surface area contributed by atoms with Crippen LogP contribution in [0.2, 0.25) is 0 Å². The summed E-state index contributed by atoms with van der Waals surface area (Å²) in [6, 6.07) is 25.0. The van der Waals surface area contributed by atoms with E-state index in [4.69, 9.17) is 4.74 Å². The second-order valence-electron chi connectivity index (χ2n) is 11.2. The van der Waals surface area contributed by atoms with Crippen molar-refractivity contribution in [3.8, 4) is 16.9 Å². The molecular weight excluding hydrogens is 430 g/mol. The second-order valence-corrected chi connectivity index (χ2v) is 11.2. The Bertz CT molecular complexity index is 1470. The van der Waals surface area contributed by atoms with Crippen molar-refractivity contribution in [1.29, 1.82) is 0 Å². The Morgan fingerprint density at radius 1 is 0.857 bits per heavy atom. The lowest BCUT2D eigenvalue weighted by atomic mass is 9.69. The summed E-state index contributed by atoms with van der Waals surface area (Å²) in [7, 11) is 1.71. The molecule has 3 atom stereocenters. The number of hydrogen-bond acceptors (Lipinski definition) is 2. The van der Waals surface area contributed by atoms with Crippen LogP contribution < -0.4 is 10.1 Å². The molecule has 0 aliphatic heterocycles. The first-order chi connectivity index (χ1) is 16.8. The molecule has 2 saturated carbocycles. The first-order valence-electron chi connectivity index (χ1n) is 12.7. The minimum Gasteiger partial charge on any atom is -0.496 e.